The van der Waals surface area contributed by atoms with E-state index in [1.807, 2.05) is 6.20 Å². The van der Waals surface area contributed by atoms with Crippen LogP contribution in [0.5, 0.6) is 0 Å². The highest BCUT2D eigenvalue weighted by Crippen LogP contribution is 2.46. The molecule has 1 aromatic rings. The van der Waals surface area contributed by atoms with E-state index in [1.165, 1.54) is 24.3 Å². The molecule has 2 nitrogen and oxygen atoms in total. The Kier molecular flexibility index (Phi) is 2.15. The zero-order valence-corrected chi connectivity index (χ0v) is 7.94. The number of hydrogen-bond donors (Lipinski definition) is 1. The van der Waals surface area contributed by atoms with Gasteiger partial charge in [-0.2, -0.15) is 0 Å². The molecule has 3 heteroatoms. The first-order valence-corrected chi connectivity index (χ1v) is 5.35. The van der Waals surface area contributed by atoms with Crippen molar-refractivity contribution in [1.29, 1.82) is 0 Å². The molecule has 2 rings (SSSR count). The number of hydrogen-bond acceptors (Lipinski definition) is 3. The first kappa shape index (κ1) is 8.20. The predicted octanol–water partition coefficient (Wildman–Crippen LogP) is 1.91. The van der Waals surface area contributed by atoms with Crippen molar-refractivity contribution in [3.8, 4) is 0 Å². The monoisotopic (exact) mass is 182 g/mol. The van der Waals surface area contributed by atoms with Gasteiger partial charge in [0, 0.05) is 17.0 Å². The summed E-state index contributed by atoms with van der Waals surface area (Å²) in [4.78, 5) is 4.39. The Morgan fingerprint density at radius 2 is 2.42 bits per heavy atom. The molecule has 12 heavy (non-hydrogen) atoms. The number of rotatable bonds is 3. The van der Waals surface area contributed by atoms with Crippen molar-refractivity contribution in [2.24, 2.45) is 5.73 Å². The molecule has 0 unspecified atom stereocenters. The fraction of sp³-hybridized carbons (Fsp3) is 0.667. The molecule has 0 spiro atoms. The maximum atomic E-state index is 5.61. The van der Waals surface area contributed by atoms with Gasteiger partial charge >= 0.3 is 0 Å². The average Bonchev–Trinajstić information content (AvgIpc) is 2.48. The van der Waals surface area contributed by atoms with Gasteiger partial charge in [-0.15, -0.1) is 11.3 Å². The second kappa shape index (κ2) is 3.15. The summed E-state index contributed by atoms with van der Waals surface area (Å²) in [5.74, 6) is 0. The molecule has 1 heterocycles. The lowest BCUT2D eigenvalue weighted by Crippen LogP contribution is -2.36. The molecule has 1 aromatic heterocycles. The first-order valence-electron chi connectivity index (χ1n) is 4.47. The Morgan fingerprint density at radius 1 is 1.58 bits per heavy atom. The lowest BCUT2D eigenvalue weighted by atomic mass is 9.67. The van der Waals surface area contributed by atoms with Gasteiger partial charge in [0.15, 0.2) is 0 Å². The third kappa shape index (κ3) is 1.17. The minimum absolute atomic E-state index is 0.378. The number of nitrogens with zero attached hydrogens (tertiary/aromatic N) is 1. The van der Waals surface area contributed by atoms with Crippen molar-refractivity contribution in [1.82, 2.24) is 4.98 Å². The average molecular weight is 182 g/mol. The van der Waals surface area contributed by atoms with Crippen LogP contribution in [0.1, 0.15) is 30.7 Å². The topological polar surface area (TPSA) is 38.9 Å². The summed E-state index contributed by atoms with van der Waals surface area (Å²) in [6.45, 7) is 0.791. The predicted molar refractivity (Wildman–Crippen MR) is 51.3 cm³/mol. The lowest BCUT2D eigenvalue weighted by Gasteiger charge is -2.40. The van der Waals surface area contributed by atoms with Crippen LogP contribution < -0.4 is 5.73 Å². The lowest BCUT2D eigenvalue weighted by molar-refractivity contribution is 0.228. The van der Waals surface area contributed by atoms with Gasteiger partial charge in [-0.05, 0) is 25.8 Å². The van der Waals surface area contributed by atoms with Crippen LogP contribution in [0.15, 0.2) is 11.6 Å². The van der Waals surface area contributed by atoms with E-state index in [0.29, 0.717) is 5.41 Å². The summed E-state index contributed by atoms with van der Waals surface area (Å²) in [7, 11) is 0. The van der Waals surface area contributed by atoms with Crippen LogP contribution in [0.3, 0.4) is 0 Å². The Bertz CT molecular complexity index is 239. The molecule has 0 bridgehead atoms. The van der Waals surface area contributed by atoms with E-state index in [2.05, 4.69) is 10.4 Å². The van der Waals surface area contributed by atoms with Gasteiger partial charge in [0.25, 0.3) is 0 Å². The number of nitrogens with two attached hydrogens (primary N) is 1. The van der Waals surface area contributed by atoms with E-state index in [1.54, 1.807) is 11.3 Å². The Balaban J connectivity index is 2.17. The van der Waals surface area contributed by atoms with Crippen LogP contribution in [-0.4, -0.2) is 11.5 Å². The Labute approximate surface area is 76.8 Å². The molecule has 0 aromatic carbocycles. The molecular weight excluding hydrogens is 168 g/mol. The van der Waals surface area contributed by atoms with Crippen molar-refractivity contribution >= 4 is 11.3 Å². The summed E-state index contributed by atoms with van der Waals surface area (Å²) >= 11 is 1.78. The van der Waals surface area contributed by atoms with Crippen molar-refractivity contribution in [3.05, 3.63) is 16.6 Å². The van der Waals surface area contributed by atoms with Gasteiger partial charge in [-0.25, -0.2) is 4.98 Å². The summed E-state index contributed by atoms with van der Waals surface area (Å²) in [5.41, 5.74) is 5.98. The minimum atomic E-state index is 0.378. The van der Waals surface area contributed by atoms with Gasteiger partial charge in [0.2, 0.25) is 0 Å². The van der Waals surface area contributed by atoms with Crippen LogP contribution in [0, 0.1) is 0 Å². The summed E-state index contributed by atoms with van der Waals surface area (Å²) in [6, 6.07) is 0. The third-order valence-corrected chi connectivity index (χ3v) is 3.84. The van der Waals surface area contributed by atoms with E-state index >= 15 is 0 Å². The molecule has 0 radical (unpaired) electrons. The molecule has 0 aliphatic heterocycles. The van der Waals surface area contributed by atoms with Gasteiger partial charge in [0.1, 0.15) is 0 Å². The number of thiazole rings is 1. The van der Waals surface area contributed by atoms with Crippen molar-refractivity contribution in [2.45, 2.75) is 31.1 Å². The maximum Gasteiger partial charge on any atom is 0.0987 e. The van der Waals surface area contributed by atoms with Crippen molar-refractivity contribution in [3.63, 3.8) is 0 Å². The van der Waals surface area contributed by atoms with Crippen LogP contribution in [0.25, 0.3) is 0 Å². The maximum absolute atomic E-state index is 5.61. The van der Waals surface area contributed by atoms with E-state index < -0.39 is 0 Å². The minimum Gasteiger partial charge on any atom is -0.330 e. The van der Waals surface area contributed by atoms with Gasteiger partial charge < -0.3 is 5.73 Å². The highest BCUT2D eigenvalue weighted by atomic mass is 32.1. The van der Waals surface area contributed by atoms with Crippen molar-refractivity contribution < 1.29 is 0 Å². The third-order valence-electron chi connectivity index (χ3n) is 2.82. The van der Waals surface area contributed by atoms with Gasteiger partial charge in [-0.3, -0.25) is 0 Å². The summed E-state index contributed by atoms with van der Waals surface area (Å²) < 4.78 is 0. The van der Waals surface area contributed by atoms with Crippen LogP contribution in [-0.2, 0) is 5.41 Å². The first-order chi connectivity index (χ1) is 5.87. The SMILES string of the molecule is NCCC1(c2nccs2)CCC1. The molecule has 66 valence electrons. The molecule has 0 saturated heterocycles. The highest BCUT2D eigenvalue weighted by Gasteiger charge is 2.39. The van der Waals surface area contributed by atoms with Gasteiger partial charge in [0.05, 0.1) is 5.01 Å². The fourth-order valence-corrected chi connectivity index (χ4v) is 2.86. The largest absolute Gasteiger partial charge is 0.330 e. The molecule has 1 aliphatic rings. The van der Waals surface area contributed by atoms with Crippen LogP contribution in [0.4, 0.5) is 0 Å². The molecular formula is C9H14N2S. The Morgan fingerprint density at radius 3 is 2.83 bits per heavy atom. The normalized spacial score (nSPS) is 20.4. The zero-order valence-electron chi connectivity index (χ0n) is 7.12. The fourth-order valence-electron chi connectivity index (χ4n) is 1.94. The van der Waals surface area contributed by atoms with Crippen LogP contribution in [0.2, 0.25) is 0 Å². The van der Waals surface area contributed by atoms with E-state index in [-0.39, 0.29) is 0 Å². The second-order valence-corrected chi connectivity index (χ2v) is 4.40. The standard InChI is InChI=1S/C9H14N2S/c10-5-4-9(2-1-3-9)8-11-6-7-12-8/h6-7H,1-5,10H2. The zero-order chi connectivity index (χ0) is 8.44. The highest BCUT2D eigenvalue weighted by molar-refractivity contribution is 7.09. The Hall–Kier alpha value is -0.410. The second-order valence-electron chi connectivity index (χ2n) is 3.51. The van der Waals surface area contributed by atoms with E-state index in [4.69, 9.17) is 5.73 Å². The van der Waals surface area contributed by atoms with Crippen molar-refractivity contribution in [2.75, 3.05) is 6.54 Å². The number of aromatic nitrogens is 1. The van der Waals surface area contributed by atoms with E-state index in [9.17, 15) is 0 Å². The molecule has 2 N–H and O–H groups in total. The van der Waals surface area contributed by atoms with Crippen LogP contribution >= 0.6 is 11.3 Å². The summed E-state index contributed by atoms with van der Waals surface area (Å²) in [5, 5.41) is 3.37. The van der Waals surface area contributed by atoms with Gasteiger partial charge in [-0.1, -0.05) is 6.42 Å². The quantitative estimate of drug-likeness (QED) is 0.775. The molecule has 1 aliphatic carbocycles. The molecule has 0 amide bonds. The molecule has 1 fully saturated rings. The summed E-state index contributed by atoms with van der Waals surface area (Å²) in [6.07, 6.45) is 6.94. The molecule has 1 saturated carbocycles. The smallest absolute Gasteiger partial charge is 0.0987 e. The van der Waals surface area contributed by atoms with E-state index in [0.717, 1.165) is 13.0 Å². The molecule has 0 atom stereocenters.